The summed E-state index contributed by atoms with van der Waals surface area (Å²) in [7, 11) is 0. The number of halogens is 1. The Kier molecular flexibility index (Phi) is 9.90. The first-order valence-electron chi connectivity index (χ1n) is 5.59. The van der Waals surface area contributed by atoms with Gasteiger partial charge in [-0.2, -0.15) is 0 Å². The van der Waals surface area contributed by atoms with E-state index in [-0.39, 0.29) is 0 Å². The van der Waals surface area contributed by atoms with Gasteiger partial charge in [-0.3, -0.25) is 0 Å². The van der Waals surface area contributed by atoms with Crippen LogP contribution in [0.4, 0.5) is 0 Å². The lowest BCUT2D eigenvalue weighted by Crippen LogP contribution is -2.23. The average Bonchev–Trinajstić information content (AvgIpc) is 2.15. The highest BCUT2D eigenvalue weighted by Crippen LogP contribution is 2.04. The summed E-state index contributed by atoms with van der Waals surface area (Å²) < 4.78 is 5.43. The fraction of sp³-hybridized carbons (Fsp3) is 1.00. The van der Waals surface area contributed by atoms with Crippen molar-refractivity contribution < 1.29 is 4.74 Å². The maximum absolute atomic E-state index is 5.98. The molecule has 0 bridgehead atoms. The van der Waals surface area contributed by atoms with E-state index in [1.165, 1.54) is 0 Å². The molecule has 1 unspecified atom stereocenters. The molecule has 0 aliphatic rings. The monoisotopic (exact) mass is 221 g/mol. The van der Waals surface area contributed by atoms with Crippen LogP contribution in [0.2, 0.25) is 0 Å². The van der Waals surface area contributed by atoms with Crippen LogP contribution in [0.5, 0.6) is 0 Å². The quantitative estimate of drug-likeness (QED) is 0.478. The van der Waals surface area contributed by atoms with Crippen molar-refractivity contribution in [3.05, 3.63) is 0 Å². The molecule has 0 aliphatic heterocycles. The zero-order valence-corrected chi connectivity index (χ0v) is 10.4. The van der Waals surface area contributed by atoms with E-state index in [1.54, 1.807) is 0 Å². The summed E-state index contributed by atoms with van der Waals surface area (Å²) in [5.74, 6) is 0.627. The van der Waals surface area contributed by atoms with Gasteiger partial charge in [0.05, 0.1) is 6.61 Å². The van der Waals surface area contributed by atoms with Gasteiger partial charge in [0.2, 0.25) is 0 Å². The number of nitrogens with one attached hydrogen (secondary N) is 1. The summed E-state index contributed by atoms with van der Waals surface area (Å²) >= 11 is 5.98. The predicted octanol–water partition coefficient (Wildman–Crippen LogP) is 2.66. The van der Waals surface area contributed by atoms with E-state index in [2.05, 4.69) is 26.1 Å². The second-order valence-corrected chi connectivity index (χ2v) is 4.63. The summed E-state index contributed by atoms with van der Waals surface area (Å²) in [5, 5.41) is 3.63. The highest BCUT2D eigenvalue weighted by molar-refractivity contribution is 6.20. The summed E-state index contributed by atoms with van der Waals surface area (Å²) in [6.07, 6.45) is 2.09. The fourth-order valence-electron chi connectivity index (χ4n) is 1.05. The Bertz CT molecular complexity index is 120. The van der Waals surface area contributed by atoms with Crippen LogP contribution in [0, 0.1) is 5.92 Å². The lowest BCUT2D eigenvalue weighted by molar-refractivity contribution is 0.112. The second-order valence-electron chi connectivity index (χ2n) is 4.01. The minimum Gasteiger partial charge on any atom is -0.380 e. The normalized spacial score (nSPS) is 13.5. The van der Waals surface area contributed by atoms with Crippen LogP contribution in [0.15, 0.2) is 0 Å². The Balaban J connectivity index is 2.99. The first-order valence-corrected chi connectivity index (χ1v) is 6.03. The van der Waals surface area contributed by atoms with Gasteiger partial charge in [0.15, 0.2) is 0 Å². The van der Waals surface area contributed by atoms with Crippen molar-refractivity contribution >= 4 is 11.6 Å². The molecule has 0 aromatic rings. The Hall–Kier alpha value is 0.210. The van der Waals surface area contributed by atoms with E-state index >= 15 is 0 Å². The molecule has 0 heterocycles. The van der Waals surface area contributed by atoms with Crippen molar-refractivity contribution in [1.82, 2.24) is 5.32 Å². The van der Waals surface area contributed by atoms with Crippen LogP contribution in [0.3, 0.4) is 0 Å². The molecule has 0 aliphatic carbocycles. The van der Waals surface area contributed by atoms with Crippen LogP contribution in [0.1, 0.15) is 33.6 Å². The van der Waals surface area contributed by atoms with E-state index in [9.17, 15) is 0 Å². The largest absolute Gasteiger partial charge is 0.380 e. The van der Waals surface area contributed by atoms with Crippen molar-refractivity contribution in [3.63, 3.8) is 0 Å². The van der Waals surface area contributed by atoms with Crippen LogP contribution in [-0.2, 0) is 4.74 Å². The maximum Gasteiger partial charge on any atom is 0.0591 e. The zero-order valence-electron chi connectivity index (χ0n) is 9.68. The second kappa shape index (κ2) is 9.75. The van der Waals surface area contributed by atoms with Crippen molar-refractivity contribution in [1.29, 1.82) is 0 Å². The SMILES string of the molecule is CCC(Cl)CCNCCOCC(C)C. The van der Waals surface area contributed by atoms with Gasteiger partial charge >= 0.3 is 0 Å². The number of hydrogen-bond acceptors (Lipinski definition) is 2. The van der Waals surface area contributed by atoms with Crippen molar-refractivity contribution in [2.45, 2.75) is 39.0 Å². The number of hydrogen-bond donors (Lipinski definition) is 1. The molecular weight excluding hydrogens is 198 g/mol. The minimum absolute atomic E-state index is 0.319. The topological polar surface area (TPSA) is 21.3 Å². The first-order chi connectivity index (χ1) is 6.66. The molecule has 2 nitrogen and oxygen atoms in total. The van der Waals surface area contributed by atoms with Crippen LogP contribution in [0.25, 0.3) is 0 Å². The maximum atomic E-state index is 5.98. The number of alkyl halides is 1. The molecule has 0 fully saturated rings. The summed E-state index contributed by atoms with van der Waals surface area (Å²) in [5.41, 5.74) is 0. The predicted molar refractivity (Wildman–Crippen MR) is 63.1 cm³/mol. The number of rotatable bonds is 9. The molecular formula is C11H24ClNO. The van der Waals surface area contributed by atoms with Gasteiger partial charge in [-0.05, 0) is 25.3 Å². The summed E-state index contributed by atoms with van der Waals surface area (Å²) in [6, 6.07) is 0. The van der Waals surface area contributed by atoms with Crippen LogP contribution >= 0.6 is 11.6 Å². The molecule has 0 saturated carbocycles. The highest BCUT2D eigenvalue weighted by atomic mass is 35.5. The van der Waals surface area contributed by atoms with Crippen LogP contribution < -0.4 is 5.32 Å². The Morgan fingerprint density at radius 1 is 1.29 bits per heavy atom. The lowest BCUT2D eigenvalue weighted by atomic mass is 10.2. The number of ether oxygens (including phenoxy) is 1. The van der Waals surface area contributed by atoms with Gasteiger partial charge in [0.25, 0.3) is 0 Å². The average molecular weight is 222 g/mol. The molecule has 3 heteroatoms. The standard InChI is InChI=1S/C11H24ClNO/c1-4-11(12)5-6-13-7-8-14-9-10(2)3/h10-11,13H,4-9H2,1-3H3. The molecule has 0 rings (SSSR count). The smallest absolute Gasteiger partial charge is 0.0591 e. The van der Waals surface area contributed by atoms with Gasteiger partial charge in [0, 0.05) is 18.5 Å². The molecule has 1 N–H and O–H groups in total. The Labute approximate surface area is 93.4 Å². The third-order valence-electron chi connectivity index (χ3n) is 1.95. The van der Waals surface area contributed by atoms with Gasteiger partial charge in [-0.1, -0.05) is 20.8 Å². The van der Waals surface area contributed by atoms with Gasteiger partial charge in [-0.25, -0.2) is 0 Å². The van der Waals surface area contributed by atoms with Crippen molar-refractivity contribution in [3.8, 4) is 0 Å². The zero-order chi connectivity index (χ0) is 10.8. The van der Waals surface area contributed by atoms with Gasteiger partial charge in [-0.15, -0.1) is 11.6 Å². The van der Waals surface area contributed by atoms with Crippen molar-refractivity contribution in [2.75, 3.05) is 26.3 Å². The summed E-state index contributed by atoms with van der Waals surface area (Å²) in [4.78, 5) is 0. The molecule has 86 valence electrons. The first kappa shape index (κ1) is 14.2. The van der Waals surface area contributed by atoms with Crippen LogP contribution in [-0.4, -0.2) is 31.7 Å². The molecule has 14 heavy (non-hydrogen) atoms. The molecule has 1 atom stereocenters. The van der Waals surface area contributed by atoms with E-state index in [1.807, 2.05) is 0 Å². The Morgan fingerprint density at radius 3 is 2.57 bits per heavy atom. The molecule has 0 saturated heterocycles. The lowest BCUT2D eigenvalue weighted by Gasteiger charge is -2.09. The minimum atomic E-state index is 0.319. The Morgan fingerprint density at radius 2 is 2.00 bits per heavy atom. The van der Waals surface area contributed by atoms with Gasteiger partial charge in [0.1, 0.15) is 0 Å². The molecule has 0 amide bonds. The molecule has 0 aromatic carbocycles. The van der Waals surface area contributed by atoms with E-state index in [4.69, 9.17) is 16.3 Å². The van der Waals surface area contributed by atoms with E-state index < -0.39 is 0 Å². The molecule has 0 aromatic heterocycles. The molecule has 0 radical (unpaired) electrons. The third kappa shape index (κ3) is 10.3. The fourth-order valence-corrected chi connectivity index (χ4v) is 1.16. The highest BCUT2D eigenvalue weighted by Gasteiger charge is 1.99. The van der Waals surface area contributed by atoms with Gasteiger partial charge < -0.3 is 10.1 Å². The van der Waals surface area contributed by atoms with E-state index in [0.29, 0.717) is 11.3 Å². The van der Waals surface area contributed by atoms with Crippen molar-refractivity contribution in [2.24, 2.45) is 5.92 Å². The summed E-state index contributed by atoms with van der Waals surface area (Å²) in [6.45, 7) is 10.0. The third-order valence-corrected chi connectivity index (χ3v) is 2.48. The molecule has 0 spiro atoms. The van der Waals surface area contributed by atoms with E-state index in [0.717, 1.165) is 39.1 Å².